The Kier molecular flexibility index (Phi) is 6.33. The molecule has 1 saturated heterocycles. The quantitative estimate of drug-likeness (QED) is 0.438. The van der Waals surface area contributed by atoms with E-state index in [-0.39, 0.29) is 61.9 Å². The maximum Gasteiger partial charge on any atom is 0.255 e. The smallest absolute Gasteiger partial charge is 0.255 e. The highest BCUT2D eigenvalue weighted by molar-refractivity contribution is 5.71. The van der Waals surface area contributed by atoms with E-state index in [9.17, 15) is 22.4 Å². The Balaban J connectivity index is 1.30. The van der Waals surface area contributed by atoms with Crippen molar-refractivity contribution >= 4 is 0 Å². The van der Waals surface area contributed by atoms with Gasteiger partial charge in [-0.25, -0.2) is 17.6 Å². The summed E-state index contributed by atoms with van der Waals surface area (Å²) in [6.07, 6.45) is -0.245. The van der Waals surface area contributed by atoms with Gasteiger partial charge in [-0.1, -0.05) is 0 Å². The molecule has 206 valence electrons. The van der Waals surface area contributed by atoms with Crippen LogP contribution >= 0.6 is 0 Å². The summed E-state index contributed by atoms with van der Waals surface area (Å²) in [5.74, 6) is -6.50. The highest BCUT2D eigenvalue weighted by Crippen LogP contribution is 2.51. The van der Waals surface area contributed by atoms with Crippen molar-refractivity contribution in [2.45, 2.75) is 50.2 Å². The number of pyridine rings is 1. The molecule has 38 heavy (non-hydrogen) atoms. The summed E-state index contributed by atoms with van der Waals surface area (Å²) < 4.78 is 83.9. The molecule has 11 heteroatoms. The first-order valence-corrected chi connectivity index (χ1v) is 12.9. The third-order valence-electron chi connectivity index (χ3n) is 7.56. The van der Waals surface area contributed by atoms with Gasteiger partial charge in [-0.2, -0.15) is 0 Å². The molecule has 2 aliphatic heterocycles. The number of fused-ring (bicyclic) bond motifs is 3. The van der Waals surface area contributed by atoms with E-state index in [1.807, 2.05) is 6.92 Å². The van der Waals surface area contributed by atoms with Gasteiger partial charge in [-0.05, 0) is 31.0 Å². The second-order valence-electron chi connectivity index (χ2n) is 10.6. The highest BCUT2D eigenvalue weighted by Gasteiger charge is 2.58. The molecule has 3 heterocycles. The van der Waals surface area contributed by atoms with Gasteiger partial charge in [0.1, 0.15) is 18.5 Å². The van der Waals surface area contributed by atoms with Crippen LogP contribution in [0.15, 0.2) is 29.1 Å². The summed E-state index contributed by atoms with van der Waals surface area (Å²) in [5, 5.41) is 0. The number of halogens is 4. The minimum atomic E-state index is -2.76. The van der Waals surface area contributed by atoms with Gasteiger partial charge in [0.25, 0.3) is 17.4 Å². The molecule has 4 atom stereocenters. The number of alkyl halides is 4. The SMILES string of the molecule is CC1Cc2cc(OCC3CC3(F)F)c(OCC3CC3(F)F)cc2-c2cc(OC[C@@H]3COCCO3)cc(=O)n21. The summed E-state index contributed by atoms with van der Waals surface area (Å²) in [6.45, 7) is 3.11. The minimum absolute atomic E-state index is 0.183. The summed E-state index contributed by atoms with van der Waals surface area (Å²) in [7, 11) is 0. The maximum absolute atomic E-state index is 13.5. The number of hydrogen-bond acceptors (Lipinski definition) is 6. The Morgan fingerprint density at radius 2 is 1.58 bits per heavy atom. The fraction of sp³-hybridized carbons (Fsp3) is 0.593. The van der Waals surface area contributed by atoms with Crippen LogP contribution in [-0.4, -0.2) is 62.2 Å². The Labute approximate surface area is 216 Å². The van der Waals surface area contributed by atoms with Crippen molar-refractivity contribution in [3.05, 3.63) is 40.2 Å². The van der Waals surface area contributed by atoms with Crippen LogP contribution in [0.4, 0.5) is 17.6 Å². The van der Waals surface area contributed by atoms with Crippen LogP contribution in [0.25, 0.3) is 11.3 Å². The van der Waals surface area contributed by atoms with E-state index >= 15 is 0 Å². The zero-order valence-corrected chi connectivity index (χ0v) is 20.9. The van der Waals surface area contributed by atoms with Gasteiger partial charge in [0.05, 0.1) is 50.6 Å². The van der Waals surface area contributed by atoms with Gasteiger partial charge in [0.15, 0.2) is 11.5 Å². The van der Waals surface area contributed by atoms with E-state index in [1.165, 1.54) is 6.07 Å². The van der Waals surface area contributed by atoms with Gasteiger partial charge in [0, 0.05) is 36.6 Å². The standard InChI is InChI=1S/C27H29F4NO6/c1-15-4-16-5-23(37-11-17-9-26(17,28)29)24(38-12-18-10-27(18,30)31)8-21(16)22-6-19(7-25(33)32(15)22)36-14-20-13-34-2-3-35-20/h5-8,15,17-18,20H,2-4,9-14H2,1H3/t15?,17?,18?,20-/m0/s1. The third kappa shape index (κ3) is 5.10. The average Bonchev–Trinajstić information content (AvgIpc) is 3.71. The molecule has 3 unspecified atom stereocenters. The van der Waals surface area contributed by atoms with E-state index in [1.54, 1.807) is 22.8 Å². The first-order valence-electron chi connectivity index (χ1n) is 12.9. The van der Waals surface area contributed by atoms with Crippen LogP contribution in [0.1, 0.15) is 31.4 Å². The molecule has 7 nitrogen and oxygen atoms in total. The van der Waals surface area contributed by atoms with Crippen molar-refractivity contribution in [1.82, 2.24) is 4.57 Å². The molecule has 0 spiro atoms. The molecule has 3 fully saturated rings. The van der Waals surface area contributed by atoms with Crippen LogP contribution in [0.5, 0.6) is 17.2 Å². The lowest BCUT2D eigenvalue weighted by Crippen LogP contribution is -2.34. The molecule has 6 rings (SSSR count). The predicted molar refractivity (Wildman–Crippen MR) is 128 cm³/mol. The van der Waals surface area contributed by atoms with Crippen LogP contribution in [0, 0.1) is 11.8 Å². The molecule has 0 bridgehead atoms. The second-order valence-corrected chi connectivity index (χ2v) is 10.6. The molecule has 2 saturated carbocycles. The van der Waals surface area contributed by atoms with Crippen molar-refractivity contribution in [3.8, 4) is 28.5 Å². The number of rotatable bonds is 9. The molecular formula is C27H29F4NO6. The fourth-order valence-corrected chi connectivity index (χ4v) is 5.05. The molecule has 1 aromatic heterocycles. The largest absolute Gasteiger partial charge is 0.491 e. The van der Waals surface area contributed by atoms with E-state index in [4.69, 9.17) is 23.7 Å². The van der Waals surface area contributed by atoms with Crippen molar-refractivity contribution in [3.63, 3.8) is 0 Å². The van der Waals surface area contributed by atoms with Gasteiger partial charge >= 0.3 is 0 Å². The Morgan fingerprint density at radius 1 is 0.921 bits per heavy atom. The lowest BCUT2D eigenvalue weighted by atomic mass is 9.92. The van der Waals surface area contributed by atoms with Crippen molar-refractivity contribution in [1.29, 1.82) is 0 Å². The lowest BCUT2D eigenvalue weighted by molar-refractivity contribution is -0.101. The van der Waals surface area contributed by atoms with Crippen molar-refractivity contribution < 1.29 is 41.2 Å². The van der Waals surface area contributed by atoms with Crippen LogP contribution in [0.3, 0.4) is 0 Å². The van der Waals surface area contributed by atoms with Crippen LogP contribution < -0.4 is 19.8 Å². The maximum atomic E-state index is 13.5. The predicted octanol–water partition coefficient (Wildman–Crippen LogP) is 4.49. The topological polar surface area (TPSA) is 68.2 Å². The molecule has 0 radical (unpaired) electrons. The molecule has 2 aromatic rings. The van der Waals surface area contributed by atoms with Gasteiger partial charge in [-0.3, -0.25) is 4.79 Å². The Morgan fingerprint density at radius 3 is 2.18 bits per heavy atom. The number of nitrogens with zero attached hydrogens (tertiary/aromatic N) is 1. The highest BCUT2D eigenvalue weighted by atomic mass is 19.3. The van der Waals surface area contributed by atoms with Gasteiger partial charge in [0.2, 0.25) is 0 Å². The molecule has 0 amide bonds. The van der Waals surface area contributed by atoms with E-state index in [0.717, 1.165) is 5.56 Å². The zero-order valence-electron chi connectivity index (χ0n) is 20.9. The Bertz CT molecular complexity index is 1270. The first-order chi connectivity index (χ1) is 18.1. The summed E-state index contributed by atoms with van der Waals surface area (Å²) in [5.41, 5.74) is 1.85. The third-order valence-corrected chi connectivity index (χ3v) is 7.56. The van der Waals surface area contributed by atoms with E-state index in [2.05, 4.69) is 0 Å². The first kappa shape index (κ1) is 25.5. The number of ether oxygens (including phenoxy) is 5. The minimum Gasteiger partial charge on any atom is -0.491 e. The second kappa shape index (κ2) is 9.44. The molecular weight excluding hydrogens is 510 g/mol. The summed E-state index contributed by atoms with van der Waals surface area (Å²) in [4.78, 5) is 13.1. The van der Waals surface area contributed by atoms with Crippen LogP contribution in [0.2, 0.25) is 0 Å². The molecule has 2 aliphatic carbocycles. The normalized spacial score (nSPS) is 28.1. The summed E-state index contributed by atoms with van der Waals surface area (Å²) in [6, 6.07) is 6.35. The van der Waals surface area contributed by atoms with Crippen molar-refractivity contribution in [2.75, 3.05) is 39.6 Å². The molecule has 1 aromatic carbocycles. The van der Waals surface area contributed by atoms with Crippen molar-refractivity contribution in [2.24, 2.45) is 11.8 Å². The van der Waals surface area contributed by atoms with Crippen LogP contribution in [-0.2, 0) is 15.9 Å². The monoisotopic (exact) mass is 539 g/mol. The molecule has 0 N–H and O–H groups in total. The van der Waals surface area contributed by atoms with E-state index < -0.39 is 23.7 Å². The Hall–Kier alpha value is -2.79. The molecule has 4 aliphatic rings. The van der Waals surface area contributed by atoms with Gasteiger partial charge in [-0.15, -0.1) is 0 Å². The van der Waals surface area contributed by atoms with E-state index in [0.29, 0.717) is 43.2 Å². The number of hydrogen-bond donors (Lipinski definition) is 0. The average molecular weight is 540 g/mol. The number of benzene rings is 1. The fourth-order valence-electron chi connectivity index (χ4n) is 5.05. The van der Waals surface area contributed by atoms with Gasteiger partial charge < -0.3 is 28.3 Å². The summed E-state index contributed by atoms with van der Waals surface area (Å²) >= 11 is 0. The lowest BCUT2D eigenvalue weighted by Gasteiger charge is -2.29. The zero-order chi connectivity index (χ0) is 26.7. The number of aromatic nitrogens is 1.